The second-order valence-corrected chi connectivity index (χ2v) is 5.13. The SMILES string of the molecule is Clc1cccc2c1C(CN1CCC1)NCC2. The first-order valence-electron chi connectivity index (χ1n) is 6.07. The van der Waals surface area contributed by atoms with Crippen LogP contribution < -0.4 is 5.32 Å². The van der Waals surface area contributed by atoms with Gasteiger partial charge in [-0.25, -0.2) is 0 Å². The fourth-order valence-electron chi connectivity index (χ4n) is 2.65. The second-order valence-electron chi connectivity index (χ2n) is 4.72. The van der Waals surface area contributed by atoms with E-state index in [1.165, 1.54) is 30.6 Å². The van der Waals surface area contributed by atoms with Crippen molar-refractivity contribution in [3.63, 3.8) is 0 Å². The van der Waals surface area contributed by atoms with Gasteiger partial charge in [0.2, 0.25) is 0 Å². The van der Waals surface area contributed by atoms with Gasteiger partial charge in [-0.1, -0.05) is 23.7 Å². The number of hydrogen-bond donors (Lipinski definition) is 1. The molecule has 1 fully saturated rings. The highest BCUT2D eigenvalue weighted by molar-refractivity contribution is 6.31. The molecule has 0 radical (unpaired) electrons. The van der Waals surface area contributed by atoms with Crippen LogP contribution in [0.4, 0.5) is 0 Å². The van der Waals surface area contributed by atoms with E-state index < -0.39 is 0 Å². The van der Waals surface area contributed by atoms with Crippen molar-refractivity contribution in [1.82, 2.24) is 10.2 Å². The molecule has 0 amide bonds. The summed E-state index contributed by atoms with van der Waals surface area (Å²) in [6, 6.07) is 6.72. The Kier molecular flexibility index (Phi) is 2.88. The predicted octanol–water partition coefficient (Wildman–Crippen LogP) is 2.23. The summed E-state index contributed by atoms with van der Waals surface area (Å²) in [6.07, 6.45) is 2.45. The van der Waals surface area contributed by atoms with Crippen molar-refractivity contribution in [3.05, 3.63) is 34.3 Å². The largest absolute Gasteiger partial charge is 0.308 e. The molecule has 16 heavy (non-hydrogen) atoms. The Balaban J connectivity index is 1.86. The van der Waals surface area contributed by atoms with Gasteiger partial charge in [0.25, 0.3) is 0 Å². The number of benzene rings is 1. The second kappa shape index (κ2) is 4.36. The molecule has 2 heterocycles. The summed E-state index contributed by atoms with van der Waals surface area (Å²) in [6.45, 7) is 4.68. The standard InChI is InChI=1S/C13H17ClN2/c14-11-4-1-3-10-5-6-15-12(13(10)11)9-16-7-2-8-16/h1,3-4,12,15H,2,5-9H2. The zero-order valence-corrected chi connectivity index (χ0v) is 10.1. The molecule has 1 aromatic rings. The van der Waals surface area contributed by atoms with Crippen LogP contribution in [0, 0.1) is 0 Å². The summed E-state index contributed by atoms with van der Waals surface area (Å²) in [5, 5.41) is 4.52. The highest BCUT2D eigenvalue weighted by Crippen LogP contribution is 2.31. The molecule has 2 aliphatic heterocycles. The summed E-state index contributed by atoms with van der Waals surface area (Å²) in [7, 11) is 0. The number of likely N-dealkylation sites (tertiary alicyclic amines) is 1. The molecule has 0 spiro atoms. The lowest BCUT2D eigenvalue weighted by Gasteiger charge is -2.37. The normalized spacial score (nSPS) is 24.9. The van der Waals surface area contributed by atoms with Gasteiger partial charge >= 0.3 is 0 Å². The minimum Gasteiger partial charge on any atom is -0.308 e. The van der Waals surface area contributed by atoms with Crippen LogP contribution in [0.1, 0.15) is 23.6 Å². The summed E-state index contributed by atoms with van der Waals surface area (Å²) in [5.74, 6) is 0. The highest BCUT2D eigenvalue weighted by atomic mass is 35.5. The van der Waals surface area contributed by atoms with Gasteiger partial charge in [0, 0.05) is 17.6 Å². The molecule has 0 saturated carbocycles. The van der Waals surface area contributed by atoms with E-state index in [4.69, 9.17) is 11.6 Å². The molecule has 3 rings (SSSR count). The molecular weight excluding hydrogens is 220 g/mol. The van der Waals surface area contributed by atoms with Crippen molar-refractivity contribution in [2.24, 2.45) is 0 Å². The van der Waals surface area contributed by atoms with Crippen molar-refractivity contribution >= 4 is 11.6 Å². The molecule has 0 aromatic heterocycles. The molecular formula is C13H17ClN2. The number of hydrogen-bond acceptors (Lipinski definition) is 2. The lowest BCUT2D eigenvalue weighted by Crippen LogP contribution is -2.44. The van der Waals surface area contributed by atoms with Gasteiger partial charge in [0.05, 0.1) is 0 Å². The van der Waals surface area contributed by atoms with Crippen LogP contribution >= 0.6 is 11.6 Å². The molecule has 2 nitrogen and oxygen atoms in total. The lowest BCUT2D eigenvalue weighted by molar-refractivity contribution is 0.159. The maximum absolute atomic E-state index is 6.32. The van der Waals surface area contributed by atoms with Crippen molar-refractivity contribution in [2.75, 3.05) is 26.2 Å². The number of nitrogens with zero attached hydrogens (tertiary/aromatic N) is 1. The average molecular weight is 237 g/mol. The molecule has 1 N–H and O–H groups in total. The van der Waals surface area contributed by atoms with Gasteiger partial charge in [-0.3, -0.25) is 0 Å². The van der Waals surface area contributed by atoms with Crippen LogP contribution in [-0.4, -0.2) is 31.1 Å². The van der Waals surface area contributed by atoms with Gasteiger partial charge in [-0.05, 0) is 49.7 Å². The van der Waals surface area contributed by atoms with Crippen LogP contribution in [0.3, 0.4) is 0 Å². The van der Waals surface area contributed by atoms with Crippen LogP contribution in [0.25, 0.3) is 0 Å². The predicted molar refractivity (Wildman–Crippen MR) is 67.0 cm³/mol. The van der Waals surface area contributed by atoms with E-state index in [-0.39, 0.29) is 0 Å². The van der Waals surface area contributed by atoms with Crippen molar-refractivity contribution in [3.8, 4) is 0 Å². The average Bonchev–Trinajstić information content (AvgIpc) is 2.24. The minimum absolute atomic E-state index is 0.428. The fraction of sp³-hybridized carbons (Fsp3) is 0.538. The zero-order chi connectivity index (χ0) is 11.0. The number of rotatable bonds is 2. The third-order valence-electron chi connectivity index (χ3n) is 3.67. The van der Waals surface area contributed by atoms with E-state index in [9.17, 15) is 0 Å². The number of halogens is 1. The van der Waals surface area contributed by atoms with Gasteiger partial charge in [0.15, 0.2) is 0 Å². The first-order chi connectivity index (χ1) is 7.84. The maximum atomic E-state index is 6.32. The Morgan fingerprint density at radius 1 is 1.38 bits per heavy atom. The maximum Gasteiger partial charge on any atom is 0.0467 e. The van der Waals surface area contributed by atoms with Gasteiger partial charge in [0.1, 0.15) is 0 Å². The van der Waals surface area contributed by atoms with Gasteiger partial charge < -0.3 is 10.2 Å². The Morgan fingerprint density at radius 2 is 2.25 bits per heavy atom. The van der Waals surface area contributed by atoms with Gasteiger partial charge in [-0.2, -0.15) is 0 Å². The van der Waals surface area contributed by atoms with Crippen LogP contribution in [0.15, 0.2) is 18.2 Å². The summed E-state index contributed by atoms with van der Waals surface area (Å²) in [4.78, 5) is 2.50. The van der Waals surface area contributed by atoms with E-state index in [0.29, 0.717) is 6.04 Å². The number of fused-ring (bicyclic) bond motifs is 1. The molecule has 1 atom stereocenters. The van der Waals surface area contributed by atoms with E-state index in [1.54, 1.807) is 0 Å². The van der Waals surface area contributed by atoms with Crippen LogP contribution in [-0.2, 0) is 6.42 Å². The Labute approximate surface area is 102 Å². The smallest absolute Gasteiger partial charge is 0.0467 e. The van der Waals surface area contributed by atoms with E-state index in [2.05, 4.69) is 22.3 Å². The highest BCUT2D eigenvalue weighted by Gasteiger charge is 2.25. The molecule has 2 aliphatic rings. The first-order valence-corrected chi connectivity index (χ1v) is 6.45. The topological polar surface area (TPSA) is 15.3 Å². The first kappa shape index (κ1) is 10.6. The molecule has 3 heteroatoms. The minimum atomic E-state index is 0.428. The monoisotopic (exact) mass is 236 g/mol. The third kappa shape index (κ3) is 1.86. The molecule has 1 aromatic carbocycles. The lowest BCUT2D eigenvalue weighted by atomic mass is 9.93. The number of nitrogens with one attached hydrogen (secondary N) is 1. The van der Waals surface area contributed by atoms with Crippen molar-refractivity contribution < 1.29 is 0 Å². The zero-order valence-electron chi connectivity index (χ0n) is 9.38. The molecule has 86 valence electrons. The molecule has 1 unspecified atom stereocenters. The Hall–Kier alpha value is -0.570. The quantitative estimate of drug-likeness (QED) is 0.847. The Morgan fingerprint density at radius 3 is 3.00 bits per heavy atom. The van der Waals surface area contributed by atoms with Crippen molar-refractivity contribution in [2.45, 2.75) is 18.9 Å². The molecule has 0 aliphatic carbocycles. The fourth-order valence-corrected chi connectivity index (χ4v) is 2.98. The molecule has 1 saturated heterocycles. The summed E-state index contributed by atoms with van der Waals surface area (Å²) >= 11 is 6.32. The van der Waals surface area contributed by atoms with Crippen LogP contribution in [0.2, 0.25) is 5.02 Å². The molecule has 0 bridgehead atoms. The van der Waals surface area contributed by atoms with Gasteiger partial charge in [-0.15, -0.1) is 0 Å². The van der Waals surface area contributed by atoms with E-state index >= 15 is 0 Å². The van der Waals surface area contributed by atoms with E-state index in [1.807, 2.05) is 6.07 Å². The summed E-state index contributed by atoms with van der Waals surface area (Å²) in [5.41, 5.74) is 2.76. The van der Waals surface area contributed by atoms with Crippen LogP contribution in [0.5, 0.6) is 0 Å². The van der Waals surface area contributed by atoms with E-state index in [0.717, 1.165) is 24.5 Å². The third-order valence-corrected chi connectivity index (χ3v) is 4.00. The van der Waals surface area contributed by atoms with Crippen molar-refractivity contribution in [1.29, 1.82) is 0 Å². The Bertz CT molecular complexity index is 388. The summed E-state index contributed by atoms with van der Waals surface area (Å²) < 4.78 is 0.